The second-order valence-corrected chi connectivity index (χ2v) is 8.09. The zero-order chi connectivity index (χ0) is 20.5. The Morgan fingerprint density at radius 3 is 2.21 bits per heavy atom. The predicted molar refractivity (Wildman–Crippen MR) is 118 cm³/mol. The van der Waals surface area contributed by atoms with Gasteiger partial charge in [-0.3, -0.25) is 14.2 Å². The number of amides is 1. The van der Waals surface area contributed by atoms with Crippen LogP contribution in [0.25, 0.3) is 32.7 Å². The molecule has 4 aromatic rings. The van der Waals surface area contributed by atoms with E-state index in [1.165, 1.54) is 15.9 Å². The van der Waals surface area contributed by atoms with E-state index in [9.17, 15) is 9.59 Å². The molecule has 0 aliphatic heterocycles. The lowest BCUT2D eigenvalue weighted by Crippen LogP contribution is -2.35. The molecule has 0 aliphatic carbocycles. The fourth-order valence-corrected chi connectivity index (χ4v) is 4.75. The summed E-state index contributed by atoms with van der Waals surface area (Å²) in [6, 6.07) is 18.5. The third-order valence-corrected chi connectivity index (χ3v) is 6.05. The molecular formula is C23H21N3O2S. The van der Waals surface area contributed by atoms with Gasteiger partial charge < -0.3 is 5.73 Å². The van der Waals surface area contributed by atoms with Crippen LogP contribution in [-0.4, -0.2) is 15.5 Å². The van der Waals surface area contributed by atoms with Crippen LogP contribution in [0.1, 0.15) is 24.3 Å². The molecule has 0 aliphatic rings. The Labute approximate surface area is 172 Å². The molecule has 2 N–H and O–H groups in total. The van der Waals surface area contributed by atoms with Crippen molar-refractivity contribution in [1.29, 1.82) is 0 Å². The van der Waals surface area contributed by atoms with Gasteiger partial charge in [0.25, 0.3) is 5.56 Å². The van der Waals surface area contributed by atoms with Gasteiger partial charge in [-0.2, -0.15) is 0 Å². The first-order valence-electron chi connectivity index (χ1n) is 9.48. The number of hydrogen-bond donors (Lipinski definition) is 1. The van der Waals surface area contributed by atoms with Gasteiger partial charge in [-0.1, -0.05) is 67.6 Å². The Kier molecular flexibility index (Phi) is 5.03. The Morgan fingerprint density at radius 1 is 1.07 bits per heavy atom. The molecule has 0 saturated heterocycles. The van der Waals surface area contributed by atoms with Crippen molar-refractivity contribution in [2.75, 3.05) is 0 Å². The quantitative estimate of drug-likeness (QED) is 0.531. The van der Waals surface area contributed by atoms with Crippen LogP contribution in [0.15, 0.2) is 65.5 Å². The van der Waals surface area contributed by atoms with E-state index in [0.29, 0.717) is 22.5 Å². The number of carbonyl (C=O) groups excluding carboxylic acids is 1. The number of aryl methyl sites for hydroxylation is 1. The summed E-state index contributed by atoms with van der Waals surface area (Å²) in [5, 5.41) is 0.540. The zero-order valence-electron chi connectivity index (χ0n) is 16.3. The summed E-state index contributed by atoms with van der Waals surface area (Å²) < 4.78 is 1.47. The number of thiophene rings is 1. The maximum atomic E-state index is 13.8. The molecule has 5 nitrogen and oxygen atoms in total. The molecular weight excluding hydrogens is 382 g/mol. The second kappa shape index (κ2) is 7.64. The number of rotatable bonds is 5. The lowest BCUT2D eigenvalue weighted by atomic mass is 10.0. The Bertz CT molecular complexity index is 1240. The van der Waals surface area contributed by atoms with Gasteiger partial charge in [0.1, 0.15) is 16.7 Å². The van der Waals surface area contributed by atoms with Crippen LogP contribution in [-0.2, 0) is 4.79 Å². The summed E-state index contributed by atoms with van der Waals surface area (Å²) in [6.07, 6.45) is 0.409. The maximum Gasteiger partial charge on any atom is 0.263 e. The molecule has 0 spiro atoms. The molecule has 2 aromatic carbocycles. The maximum absolute atomic E-state index is 13.8. The molecule has 1 amide bonds. The molecule has 6 heteroatoms. The van der Waals surface area contributed by atoms with Gasteiger partial charge in [-0.15, -0.1) is 11.3 Å². The van der Waals surface area contributed by atoms with E-state index >= 15 is 0 Å². The predicted octanol–water partition coefficient (Wildman–Crippen LogP) is 4.54. The molecule has 2 heterocycles. The molecule has 146 valence electrons. The highest BCUT2D eigenvalue weighted by atomic mass is 32.1. The Hall–Kier alpha value is -3.25. The summed E-state index contributed by atoms with van der Waals surface area (Å²) in [5.41, 5.74) is 8.04. The number of carbonyl (C=O) groups is 1. The lowest BCUT2D eigenvalue weighted by Gasteiger charge is -2.19. The smallest absolute Gasteiger partial charge is 0.263 e. The van der Waals surface area contributed by atoms with Gasteiger partial charge in [0, 0.05) is 16.0 Å². The molecule has 1 atom stereocenters. The van der Waals surface area contributed by atoms with Crippen LogP contribution < -0.4 is 11.3 Å². The number of primary amides is 1. The van der Waals surface area contributed by atoms with E-state index in [1.807, 2.05) is 74.5 Å². The molecule has 29 heavy (non-hydrogen) atoms. The summed E-state index contributed by atoms with van der Waals surface area (Å²) >= 11 is 1.49. The van der Waals surface area contributed by atoms with Crippen LogP contribution in [0.4, 0.5) is 0 Å². The Morgan fingerprint density at radius 2 is 1.66 bits per heavy atom. The van der Waals surface area contributed by atoms with E-state index < -0.39 is 11.9 Å². The van der Waals surface area contributed by atoms with Crippen molar-refractivity contribution < 1.29 is 4.79 Å². The summed E-state index contributed by atoms with van der Waals surface area (Å²) in [5.74, 6) is -0.0734. The molecule has 0 fully saturated rings. The van der Waals surface area contributed by atoms with Crippen molar-refractivity contribution in [3.05, 3.63) is 75.9 Å². The van der Waals surface area contributed by atoms with E-state index in [-0.39, 0.29) is 5.56 Å². The van der Waals surface area contributed by atoms with Crippen molar-refractivity contribution in [2.45, 2.75) is 26.3 Å². The highest BCUT2D eigenvalue weighted by molar-refractivity contribution is 7.19. The topological polar surface area (TPSA) is 78.0 Å². The average Bonchev–Trinajstić information content (AvgIpc) is 3.07. The van der Waals surface area contributed by atoms with Crippen molar-refractivity contribution in [3.8, 4) is 22.5 Å². The highest BCUT2D eigenvalue weighted by Gasteiger charge is 2.26. The number of nitrogens with two attached hydrogens (primary N) is 1. The van der Waals surface area contributed by atoms with Crippen LogP contribution in [0.5, 0.6) is 0 Å². The van der Waals surface area contributed by atoms with Crippen molar-refractivity contribution in [1.82, 2.24) is 9.55 Å². The summed E-state index contributed by atoms with van der Waals surface area (Å²) in [4.78, 5) is 32.5. The summed E-state index contributed by atoms with van der Waals surface area (Å²) in [6.45, 7) is 3.84. The molecule has 0 bridgehead atoms. The monoisotopic (exact) mass is 403 g/mol. The van der Waals surface area contributed by atoms with Crippen molar-refractivity contribution >= 4 is 27.5 Å². The minimum atomic E-state index is -0.765. The van der Waals surface area contributed by atoms with Gasteiger partial charge in [-0.05, 0) is 18.9 Å². The van der Waals surface area contributed by atoms with Crippen LogP contribution in [0.2, 0.25) is 0 Å². The van der Waals surface area contributed by atoms with Gasteiger partial charge in [0.2, 0.25) is 5.91 Å². The summed E-state index contributed by atoms with van der Waals surface area (Å²) in [7, 11) is 0. The van der Waals surface area contributed by atoms with Crippen LogP contribution >= 0.6 is 11.3 Å². The van der Waals surface area contributed by atoms with E-state index in [4.69, 9.17) is 10.7 Å². The molecule has 0 radical (unpaired) electrons. The van der Waals surface area contributed by atoms with Crippen LogP contribution in [0.3, 0.4) is 0 Å². The normalized spacial score (nSPS) is 12.2. The minimum Gasteiger partial charge on any atom is -0.368 e. The first kappa shape index (κ1) is 19.1. The highest BCUT2D eigenvalue weighted by Crippen LogP contribution is 2.37. The standard InChI is InChI=1S/C23H21N3O2S/c1-3-17(20(24)27)26-21(16-12-8-5-9-13-16)25-22-19(23(26)28)18(14(2)29-22)15-10-6-4-7-11-15/h4-13,17H,3H2,1-2H3,(H2,24,27). The third kappa shape index (κ3) is 3.25. The molecule has 2 aromatic heterocycles. The number of benzene rings is 2. The molecule has 1 unspecified atom stereocenters. The van der Waals surface area contributed by atoms with Gasteiger partial charge in [0.15, 0.2) is 0 Å². The fraction of sp³-hybridized carbons (Fsp3) is 0.174. The number of aromatic nitrogens is 2. The van der Waals surface area contributed by atoms with Crippen molar-refractivity contribution in [2.24, 2.45) is 5.73 Å². The SMILES string of the molecule is CCC(C(N)=O)n1c(-c2ccccc2)nc2sc(C)c(-c3ccccc3)c2c1=O. The Balaban J connectivity index is 2.13. The van der Waals surface area contributed by atoms with E-state index in [1.54, 1.807) is 0 Å². The first-order chi connectivity index (χ1) is 14.0. The molecule has 4 rings (SSSR count). The van der Waals surface area contributed by atoms with Gasteiger partial charge in [0.05, 0.1) is 5.39 Å². The third-order valence-electron chi connectivity index (χ3n) is 5.06. The zero-order valence-corrected chi connectivity index (χ0v) is 17.1. The first-order valence-corrected chi connectivity index (χ1v) is 10.3. The van der Waals surface area contributed by atoms with Gasteiger partial charge in [-0.25, -0.2) is 4.98 Å². The second-order valence-electron chi connectivity index (χ2n) is 6.88. The minimum absolute atomic E-state index is 0.234. The van der Waals surface area contributed by atoms with Crippen molar-refractivity contribution in [3.63, 3.8) is 0 Å². The number of hydrogen-bond acceptors (Lipinski definition) is 4. The largest absolute Gasteiger partial charge is 0.368 e. The lowest BCUT2D eigenvalue weighted by molar-refractivity contribution is -0.121. The number of nitrogens with zero attached hydrogens (tertiary/aromatic N) is 2. The average molecular weight is 404 g/mol. The van der Waals surface area contributed by atoms with Gasteiger partial charge >= 0.3 is 0 Å². The number of fused-ring (bicyclic) bond motifs is 1. The van der Waals surface area contributed by atoms with E-state index in [2.05, 4.69) is 0 Å². The van der Waals surface area contributed by atoms with Crippen LogP contribution in [0, 0.1) is 6.92 Å². The van der Waals surface area contributed by atoms with E-state index in [0.717, 1.165) is 21.6 Å². The fourth-order valence-electron chi connectivity index (χ4n) is 3.72. The molecule has 0 saturated carbocycles.